The Balaban J connectivity index is 2.45. The summed E-state index contributed by atoms with van der Waals surface area (Å²) in [5.41, 5.74) is 2.84. The largest absolute Gasteiger partial charge is 0.496 e. The van der Waals surface area contributed by atoms with E-state index in [0.29, 0.717) is 17.0 Å². The Kier molecular flexibility index (Phi) is 4.82. The number of methoxy groups -OCH3 is 1. The van der Waals surface area contributed by atoms with E-state index in [1.54, 1.807) is 38.3 Å². The van der Waals surface area contributed by atoms with E-state index in [0.717, 1.165) is 15.6 Å². The highest BCUT2D eigenvalue weighted by atomic mass is 79.9. The summed E-state index contributed by atoms with van der Waals surface area (Å²) >= 11 is 3.37. The molecule has 0 aliphatic rings. The van der Waals surface area contributed by atoms with Crippen LogP contribution in [0.4, 0.5) is 5.69 Å². The van der Waals surface area contributed by atoms with Crippen LogP contribution in [0.5, 0.6) is 5.75 Å². The van der Waals surface area contributed by atoms with Gasteiger partial charge in [0.05, 0.1) is 17.7 Å². The van der Waals surface area contributed by atoms with Crippen molar-refractivity contribution < 1.29 is 13.2 Å². The molecule has 0 bridgehead atoms. The molecule has 0 radical (unpaired) electrons. The van der Waals surface area contributed by atoms with Crippen LogP contribution in [0.1, 0.15) is 16.7 Å². The minimum atomic E-state index is -3.65. The van der Waals surface area contributed by atoms with Gasteiger partial charge in [-0.1, -0.05) is 15.9 Å². The lowest BCUT2D eigenvalue weighted by Gasteiger charge is -2.14. The standard InChI is InChI=1S/C16H18BrNO3S/c1-10-7-13(17)5-6-14(10)18-22(19,20)16-9-11(2)15(21-4)8-12(16)3/h5-9,18H,1-4H3. The number of hydrogen-bond acceptors (Lipinski definition) is 3. The van der Waals surface area contributed by atoms with Crippen molar-refractivity contribution in [3.05, 3.63) is 51.5 Å². The molecule has 2 aromatic rings. The summed E-state index contributed by atoms with van der Waals surface area (Å²) in [5, 5.41) is 0. The van der Waals surface area contributed by atoms with E-state index in [9.17, 15) is 8.42 Å². The van der Waals surface area contributed by atoms with E-state index in [2.05, 4.69) is 20.7 Å². The maximum atomic E-state index is 12.6. The second-order valence-electron chi connectivity index (χ2n) is 5.15. The van der Waals surface area contributed by atoms with Crippen LogP contribution in [-0.2, 0) is 10.0 Å². The lowest BCUT2D eigenvalue weighted by atomic mass is 10.1. The number of hydrogen-bond donors (Lipinski definition) is 1. The van der Waals surface area contributed by atoms with Crippen LogP contribution in [0.2, 0.25) is 0 Å². The maximum absolute atomic E-state index is 12.6. The van der Waals surface area contributed by atoms with Gasteiger partial charge in [-0.25, -0.2) is 8.42 Å². The number of halogens is 1. The highest BCUT2D eigenvalue weighted by Crippen LogP contribution is 2.28. The molecule has 0 aliphatic heterocycles. The number of ether oxygens (including phenoxy) is 1. The second-order valence-corrected chi connectivity index (χ2v) is 7.72. The van der Waals surface area contributed by atoms with E-state index in [-0.39, 0.29) is 4.90 Å². The first-order chi connectivity index (χ1) is 10.2. The van der Waals surface area contributed by atoms with E-state index >= 15 is 0 Å². The highest BCUT2D eigenvalue weighted by molar-refractivity contribution is 9.10. The van der Waals surface area contributed by atoms with Gasteiger partial charge < -0.3 is 4.74 Å². The average molecular weight is 384 g/mol. The first-order valence-electron chi connectivity index (χ1n) is 6.69. The molecule has 0 spiro atoms. The van der Waals surface area contributed by atoms with Gasteiger partial charge in [0.15, 0.2) is 0 Å². The summed E-state index contributed by atoms with van der Waals surface area (Å²) in [6, 6.07) is 8.77. The molecule has 22 heavy (non-hydrogen) atoms. The third kappa shape index (κ3) is 3.44. The van der Waals surface area contributed by atoms with E-state index < -0.39 is 10.0 Å². The quantitative estimate of drug-likeness (QED) is 0.860. The van der Waals surface area contributed by atoms with Crippen molar-refractivity contribution in [1.82, 2.24) is 0 Å². The predicted octanol–water partition coefficient (Wildman–Crippen LogP) is 4.18. The molecule has 0 saturated carbocycles. The molecule has 0 saturated heterocycles. The van der Waals surface area contributed by atoms with Crippen molar-refractivity contribution in [2.24, 2.45) is 0 Å². The molecule has 0 aliphatic carbocycles. The zero-order chi connectivity index (χ0) is 16.5. The van der Waals surface area contributed by atoms with Crippen molar-refractivity contribution in [3.63, 3.8) is 0 Å². The SMILES string of the molecule is COc1cc(C)c(S(=O)(=O)Nc2ccc(Br)cc2C)cc1C. The Morgan fingerprint density at radius 1 is 1.00 bits per heavy atom. The second kappa shape index (κ2) is 6.30. The molecule has 0 unspecified atom stereocenters. The summed E-state index contributed by atoms with van der Waals surface area (Å²) in [4.78, 5) is 0.258. The van der Waals surface area contributed by atoms with Gasteiger partial charge in [0.2, 0.25) is 0 Å². The van der Waals surface area contributed by atoms with Crippen molar-refractivity contribution in [2.45, 2.75) is 25.7 Å². The fourth-order valence-electron chi connectivity index (χ4n) is 2.21. The summed E-state index contributed by atoms with van der Waals surface area (Å²) in [6.07, 6.45) is 0. The minimum absolute atomic E-state index is 0.258. The highest BCUT2D eigenvalue weighted by Gasteiger charge is 2.19. The molecule has 1 N–H and O–H groups in total. The molecule has 0 fully saturated rings. The Morgan fingerprint density at radius 2 is 1.68 bits per heavy atom. The molecular formula is C16H18BrNO3S. The van der Waals surface area contributed by atoms with Gasteiger partial charge in [-0.2, -0.15) is 0 Å². The number of aryl methyl sites for hydroxylation is 3. The summed E-state index contributed by atoms with van der Waals surface area (Å²) in [7, 11) is -2.08. The zero-order valence-electron chi connectivity index (χ0n) is 12.9. The predicted molar refractivity (Wildman–Crippen MR) is 92.2 cm³/mol. The minimum Gasteiger partial charge on any atom is -0.496 e. The van der Waals surface area contributed by atoms with Gasteiger partial charge in [-0.15, -0.1) is 0 Å². The molecule has 6 heteroatoms. The zero-order valence-corrected chi connectivity index (χ0v) is 15.3. The number of benzene rings is 2. The van der Waals surface area contributed by atoms with E-state index in [1.165, 1.54) is 0 Å². The number of rotatable bonds is 4. The third-order valence-corrected chi connectivity index (χ3v) is 5.42. The number of nitrogens with one attached hydrogen (secondary N) is 1. The maximum Gasteiger partial charge on any atom is 0.262 e. The molecular weight excluding hydrogens is 366 g/mol. The molecule has 0 atom stereocenters. The van der Waals surface area contributed by atoms with Gasteiger partial charge in [0, 0.05) is 4.47 Å². The fraction of sp³-hybridized carbons (Fsp3) is 0.250. The molecule has 2 aromatic carbocycles. The van der Waals surface area contributed by atoms with E-state index in [4.69, 9.17) is 4.74 Å². The monoisotopic (exact) mass is 383 g/mol. The molecule has 4 nitrogen and oxygen atoms in total. The molecule has 2 rings (SSSR count). The van der Waals surface area contributed by atoms with Crippen LogP contribution in [0, 0.1) is 20.8 Å². The van der Waals surface area contributed by atoms with Crippen LogP contribution in [0.25, 0.3) is 0 Å². The van der Waals surface area contributed by atoms with Crippen LogP contribution in [-0.4, -0.2) is 15.5 Å². The summed E-state index contributed by atoms with van der Waals surface area (Å²) in [6.45, 7) is 5.43. The lowest BCUT2D eigenvalue weighted by molar-refractivity contribution is 0.411. The van der Waals surface area contributed by atoms with Crippen LogP contribution in [0.3, 0.4) is 0 Å². The Bertz CT molecular complexity index is 816. The number of sulfonamides is 1. The molecule has 118 valence electrons. The first-order valence-corrected chi connectivity index (χ1v) is 8.96. The van der Waals surface area contributed by atoms with Crippen molar-refractivity contribution in [2.75, 3.05) is 11.8 Å². The van der Waals surface area contributed by atoms with Crippen molar-refractivity contribution >= 4 is 31.6 Å². The van der Waals surface area contributed by atoms with Crippen molar-refractivity contribution in [3.8, 4) is 5.75 Å². The van der Waals surface area contributed by atoms with Crippen LogP contribution in [0.15, 0.2) is 39.7 Å². The Labute approximate surface area is 139 Å². The molecule has 0 heterocycles. The Morgan fingerprint density at radius 3 is 2.27 bits per heavy atom. The van der Waals surface area contributed by atoms with Gasteiger partial charge in [0.25, 0.3) is 10.0 Å². The first kappa shape index (κ1) is 16.8. The van der Waals surface area contributed by atoms with Crippen molar-refractivity contribution in [1.29, 1.82) is 0 Å². The third-order valence-electron chi connectivity index (χ3n) is 3.41. The lowest BCUT2D eigenvalue weighted by Crippen LogP contribution is -2.15. The van der Waals surface area contributed by atoms with Gasteiger partial charge >= 0.3 is 0 Å². The van der Waals surface area contributed by atoms with Gasteiger partial charge in [0.1, 0.15) is 5.75 Å². The average Bonchev–Trinajstić information content (AvgIpc) is 2.43. The number of anilines is 1. The summed E-state index contributed by atoms with van der Waals surface area (Å²) in [5.74, 6) is 0.677. The van der Waals surface area contributed by atoms with Crippen LogP contribution >= 0.6 is 15.9 Å². The summed E-state index contributed by atoms with van der Waals surface area (Å²) < 4.78 is 34.1. The fourth-order valence-corrected chi connectivity index (χ4v) is 4.13. The smallest absolute Gasteiger partial charge is 0.262 e. The topological polar surface area (TPSA) is 55.4 Å². The molecule has 0 amide bonds. The Hall–Kier alpha value is -1.53. The van der Waals surface area contributed by atoms with Crippen LogP contribution < -0.4 is 9.46 Å². The molecule has 0 aromatic heterocycles. The normalized spacial score (nSPS) is 11.3. The van der Waals surface area contributed by atoms with E-state index in [1.807, 2.05) is 19.9 Å². The van der Waals surface area contributed by atoms with Gasteiger partial charge in [-0.3, -0.25) is 4.72 Å². The van der Waals surface area contributed by atoms with Gasteiger partial charge in [-0.05, 0) is 67.8 Å².